The number of rotatable bonds is 5. The zero-order valence-corrected chi connectivity index (χ0v) is 21.9. The molecule has 3 saturated carbocycles. The quantitative estimate of drug-likeness (QED) is 0.338. The lowest BCUT2D eigenvalue weighted by Gasteiger charge is -2.64. The minimum absolute atomic E-state index is 0.00274. The van der Waals surface area contributed by atoms with Crippen LogP contribution in [0, 0.1) is 28.6 Å². The summed E-state index contributed by atoms with van der Waals surface area (Å²) in [5.41, 5.74) is -1.27. The van der Waals surface area contributed by atoms with Crippen molar-refractivity contribution >= 4 is 40.7 Å². The number of ether oxygens (including phenoxy) is 1. The molecule has 33 heavy (non-hydrogen) atoms. The molecule has 8 atom stereocenters. The van der Waals surface area contributed by atoms with Gasteiger partial charge < -0.3 is 4.74 Å². The van der Waals surface area contributed by atoms with E-state index in [0.717, 1.165) is 37.7 Å². The largest absolute Gasteiger partial charge is 0.450 e. The standard InChI is InChI=1S/C27H36Cl2O4/c1-6-7-8-23(32)33-27(17(3)30)16(2)13-21-20-10-9-18-14-19(31)11-12-24(18,4)26(20,29)22(28)15-25(21,27)5/h11-12,14,16,20-22H,6-10,13,15H2,1-5H3/t16-,20+,21+,22+,24+,25+,26+,27+/m1/s1. The molecule has 182 valence electrons. The predicted octanol–water partition coefficient (Wildman–Crippen LogP) is 6.18. The van der Waals surface area contributed by atoms with Gasteiger partial charge in [0.1, 0.15) is 0 Å². The van der Waals surface area contributed by atoms with Crippen molar-refractivity contribution in [3.63, 3.8) is 0 Å². The minimum Gasteiger partial charge on any atom is -0.450 e. The van der Waals surface area contributed by atoms with E-state index in [1.54, 1.807) is 19.1 Å². The molecule has 0 aromatic heterocycles. The Labute approximate surface area is 207 Å². The van der Waals surface area contributed by atoms with Crippen LogP contribution in [0.2, 0.25) is 0 Å². The third-order valence-electron chi connectivity index (χ3n) is 9.67. The monoisotopic (exact) mass is 494 g/mol. The van der Waals surface area contributed by atoms with Gasteiger partial charge in [-0.25, -0.2) is 0 Å². The van der Waals surface area contributed by atoms with Crippen LogP contribution in [0.1, 0.15) is 79.6 Å². The molecule has 0 N–H and O–H groups in total. The van der Waals surface area contributed by atoms with E-state index in [-0.39, 0.29) is 35.3 Å². The highest BCUT2D eigenvalue weighted by molar-refractivity contribution is 6.34. The van der Waals surface area contributed by atoms with Crippen molar-refractivity contribution in [3.05, 3.63) is 23.8 Å². The predicted molar refractivity (Wildman–Crippen MR) is 130 cm³/mol. The first kappa shape index (κ1) is 25.0. The summed E-state index contributed by atoms with van der Waals surface area (Å²) >= 11 is 14.8. The maximum atomic E-state index is 13.3. The molecule has 0 aromatic carbocycles. The highest BCUT2D eigenvalue weighted by Gasteiger charge is 2.75. The van der Waals surface area contributed by atoms with Crippen LogP contribution in [-0.2, 0) is 19.1 Å². The number of unbranched alkanes of at least 4 members (excludes halogenated alkanes) is 1. The first-order valence-corrected chi connectivity index (χ1v) is 13.2. The Bertz CT molecular complexity index is 940. The number of alkyl halides is 2. The van der Waals surface area contributed by atoms with Crippen LogP contribution < -0.4 is 0 Å². The normalized spacial score (nSPS) is 46.2. The number of carbonyl (C=O) groups excluding carboxylic acids is 3. The van der Waals surface area contributed by atoms with Crippen molar-refractivity contribution in [2.75, 3.05) is 0 Å². The number of fused-ring (bicyclic) bond motifs is 5. The average Bonchev–Trinajstić information content (AvgIpc) is 2.96. The zero-order chi connectivity index (χ0) is 24.4. The van der Waals surface area contributed by atoms with Crippen molar-refractivity contribution in [1.29, 1.82) is 0 Å². The Kier molecular flexibility index (Phi) is 6.22. The van der Waals surface area contributed by atoms with Crippen molar-refractivity contribution in [2.45, 2.75) is 95.4 Å². The fourth-order valence-electron chi connectivity index (χ4n) is 8.06. The summed E-state index contributed by atoms with van der Waals surface area (Å²) in [4.78, 5) is 37.5. The highest BCUT2D eigenvalue weighted by atomic mass is 35.5. The molecule has 0 saturated heterocycles. The van der Waals surface area contributed by atoms with Gasteiger partial charge in [0.2, 0.25) is 0 Å². The Morgan fingerprint density at radius 3 is 2.58 bits per heavy atom. The molecule has 3 fully saturated rings. The van der Waals surface area contributed by atoms with Crippen LogP contribution in [0.5, 0.6) is 0 Å². The van der Waals surface area contributed by atoms with Gasteiger partial charge in [-0.2, -0.15) is 0 Å². The number of allylic oxidation sites excluding steroid dienone is 4. The maximum Gasteiger partial charge on any atom is 0.306 e. The second-order valence-corrected chi connectivity index (χ2v) is 12.4. The molecule has 0 amide bonds. The van der Waals surface area contributed by atoms with Crippen LogP contribution in [0.25, 0.3) is 0 Å². The van der Waals surface area contributed by atoms with Crippen molar-refractivity contribution < 1.29 is 19.1 Å². The fourth-order valence-corrected chi connectivity index (χ4v) is 9.29. The van der Waals surface area contributed by atoms with E-state index in [9.17, 15) is 14.4 Å². The first-order chi connectivity index (χ1) is 15.4. The molecule has 0 aliphatic heterocycles. The van der Waals surface area contributed by atoms with Gasteiger partial charge in [-0.05, 0) is 63.0 Å². The van der Waals surface area contributed by atoms with E-state index in [4.69, 9.17) is 27.9 Å². The van der Waals surface area contributed by atoms with Crippen molar-refractivity contribution in [3.8, 4) is 0 Å². The lowest BCUT2D eigenvalue weighted by atomic mass is 9.46. The summed E-state index contributed by atoms with van der Waals surface area (Å²) in [5.74, 6) is -0.389. The molecule has 4 aliphatic rings. The third kappa shape index (κ3) is 3.19. The average molecular weight is 495 g/mol. The van der Waals surface area contributed by atoms with E-state index >= 15 is 0 Å². The number of halogens is 2. The number of esters is 1. The summed E-state index contributed by atoms with van der Waals surface area (Å²) < 4.78 is 6.19. The van der Waals surface area contributed by atoms with E-state index in [1.807, 2.05) is 19.9 Å². The molecule has 4 nitrogen and oxygen atoms in total. The van der Waals surface area contributed by atoms with Crippen LogP contribution >= 0.6 is 23.2 Å². The van der Waals surface area contributed by atoms with Gasteiger partial charge in [0, 0.05) is 23.2 Å². The van der Waals surface area contributed by atoms with Gasteiger partial charge in [0.05, 0.1) is 10.3 Å². The van der Waals surface area contributed by atoms with Crippen LogP contribution in [0.4, 0.5) is 0 Å². The smallest absolute Gasteiger partial charge is 0.306 e. The molecule has 0 aromatic rings. The molecular formula is C27H36Cl2O4. The van der Waals surface area contributed by atoms with Gasteiger partial charge in [-0.3, -0.25) is 14.4 Å². The second-order valence-electron chi connectivity index (χ2n) is 11.2. The molecule has 0 bridgehead atoms. The minimum atomic E-state index is -1.19. The van der Waals surface area contributed by atoms with E-state index in [2.05, 4.69) is 13.8 Å². The Morgan fingerprint density at radius 1 is 1.24 bits per heavy atom. The zero-order valence-electron chi connectivity index (χ0n) is 20.4. The first-order valence-electron chi connectivity index (χ1n) is 12.4. The topological polar surface area (TPSA) is 60.4 Å². The summed E-state index contributed by atoms with van der Waals surface area (Å²) in [6.07, 6.45) is 10.1. The van der Waals surface area contributed by atoms with E-state index in [1.165, 1.54) is 0 Å². The summed E-state index contributed by atoms with van der Waals surface area (Å²) in [6.45, 7) is 9.81. The fraction of sp³-hybridized carbons (Fsp3) is 0.741. The van der Waals surface area contributed by atoms with Gasteiger partial charge in [0.15, 0.2) is 17.2 Å². The molecular weight excluding hydrogens is 459 g/mol. The summed E-state index contributed by atoms with van der Waals surface area (Å²) in [5, 5.41) is -0.449. The molecule has 4 rings (SSSR count). The molecule has 0 heterocycles. The Hall–Kier alpha value is -1.13. The Morgan fingerprint density at radius 2 is 1.94 bits per heavy atom. The van der Waals surface area contributed by atoms with Gasteiger partial charge >= 0.3 is 5.97 Å². The van der Waals surface area contributed by atoms with Gasteiger partial charge in [0.25, 0.3) is 0 Å². The number of hydrogen-bond donors (Lipinski definition) is 0. The van der Waals surface area contributed by atoms with Crippen LogP contribution in [0.15, 0.2) is 23.8 Å². The SMILES string of the molecule is CCCCC(=O)O[C@]1(C(C)=O)[C@H](C)C[C@H]2[C@@H]3CCC4=CC(=O)C=C[C@]4(C)[C@@]3(Cl)[C@@H](Cl)C[C@@]21C. The van der Waals surface area contributed by atoms with Crippen molar-refractivity contribution in [2.24, 2.45) is 28.6 Å². The number of hydrogen-bond acceptors (Lipinski definition) is 4. The molecule has 0 radical (unpaired) electrons. The maximum absolute atomic E-state index is 13.3. The lowest BCUT2D eigenvalue weighted by Crippen LogP contribution is -2.68. The van der Waals surface area contributed by atoms with Crippen LogP contribution in [0.3, 0.4) is 0 Å². The summed E-state index contributed by atoms with van der Waals surface area (Å²) in [6, 6.07) is 0. The molecule has 0 unspecified atom stereocenters. The van der Waals surface area contributed by atoms with E-state index in [0.29, 0.717) is 12.8 Å². The summed E-state index contributed by atoms with van der Waals surface area (Å²) in [7, 11) is 0. The Balaban J connectivity index is 1.78. The number of Topliss-reactive ketones (excluding diaryl/α,β-unsaturated/α-hetero) is 1. The van der Waals surface area contributed by atoms with Gasteiger partial charge in [-0.15, -0.1) is 23.2 Å². The van der Waals surface area contributed by atoms with Crippen LogP contribution in [-0.4, -0.2) is 33.4 Å². The van der Waals surface area contributed by atoms with Crippen molar-refractivity contribution in [1.82, 2.24) is 0 Å². The molecule has 6 heteroatoms. The number of ketones is 2. The van der Waals surface area contributed by atoms with E-state index < -0.39 is 26.7 Å². The lowest BCUT2D eigenvalue weighted by molar-refractivity contribution is -0.192. The second kappa shape index (κ2) is 8.22. The van der Waals surface area contributed by atoms with Gasteiger partial charge in [-0.1, -0.05) is 45.8 Å². The molecule has 0 spiro atoms. The molecule has 4 aliphatic carbocycles. The third-order valence-corrected chi connectivity index (χ3v) is 11.2. The highest BCUT2D eigenvalue weighted by Crippen LogP contribution is 2.72. The number of carbonyl (C=O) groups is 3.